The van der Waals surface area contributed by atoms with E-state index in [9.17, 15) is 4.55 Å². The third kappa shape index (κ3) is 4.07. The van der Waals surface area contributed by atoms with Crippen molar-refractivity contribution >= 4 is 35.7 Å². The van der Waals surface area contributed by atoms with Gasteiger partial charge in [0, 0.05) is 0 Å². The molecule has 0 amide bonds. The monoisotopic (exact) mass is 247 g/mol. The van der Waals surface area contributed by atoms with Crippen molar-refractivity contribution < 1.29 is 38.8 Å². The Morgan fingerprint density at radius 3 is 2.62 bits per heavy atom. The van der Waals surface area contributed by atoms with Crippen LogP contribution in [-0.4, -0.2) is 28.9 Å². The third-order valence-electron chi connectivity index (χ3n) is 1.60. The van der Waals surface area contributed by atoms with Crippen LogP contribution in [-0.2, 0) is 34.5 Å². The average molecular weight is 247 g/mol. The summed E-state index contributed by atoms with van der Waals surface area (Å²) in [5, 5.41) is -0.356. The molecule has 3 nitrogen and oxygen atoms in total. The molecular formula is C6H10NNaO2S3. The van der Waals surface area contributed by atoms with E-state index in [1.165, 1.54) is 0 Å². The molecule has 0 aromatic heterocycles. The second-order valence-electron chi connectivity index (χ2n) is 2.46. The Morgan fingerprint density at radius 1 is 1.69 bits per heavy atom. The number of nitrogens with zero attached hydrogens (tertiary/aromatic N) is 1. The van der Waals surface area contributed by atoms with E-state index in [0.717, 1.165) is 0 Å². The van der Waals surface area contributed by atoms with E-state index < -0.39 is 7.43 Å². The molecule has 0 saturated carbocycles. The Balaban J connectivity index is 0.00000144. The number of ether oxygens (including phenoxy) is 1. The predicted molar refractivity (Wildman–Crippen MR) is 55.2 cm³/mol. The summed E-state index contributed by atoms with van der Waals surface area (Å²) in [7, 11) is -2.64. The number of hydrogen-bond acceptors (Lipinski definition) is 5. The molecule has 0 aromatic carbocycles. The summed E-state index contributed by atoms with van der Waals surface area (Å²) in [6.07, 6.45) is 0.630. The van der Waals surface area contributed by atoms with Crippen LogP contribution in [0.5, 0.6) is 0 Å². The summed E-state index contributed by atoms with van der Waals surface area (Å²) in [6.45, 7) is 3.07. The zero-order valence-electron chi connectivity index (χ0n) is 7.69. The van der Waals surface area contributed by atoms with Crippen LogP contribution in [0.4, 0.5) is 0 Å². The van der Waals surface area contributed by atoms with Crippen LogP contribution in [0.1, 0.15) is 13.3 Å². The Morgan fingerprint density at radius 2 is 2.31 bits per heavy atom. The fourth-order valence-corrected chi connectivity index (χ4v) is 3.16. The van der Waals surface area contributed by atoms with Gasteiger partial charge in [-0.3, -0.25) is 4.99 Å². The molecule has 70 valence electrons. The van der Waals surface area contributed by atoms with Gasteiger partial charge in [0.1, 0.15) is 6.61 Å². The van der Waals surface area contributed by atoms with Gasteiger partial charge in [0.2, 0.25) is 0 Å². The molecule has 0 N–H and O–H groups in total. The molecule has 1 heterocycles. The van der Waals surface area contributed by atoms with E-state index in [2.05, 4.69) is 4.99 Å². The van der Waals surface area contributed by atoms with Crippen LogP contribution in [0, 0.1) is 0 Å². The van der Waals surface area contributed by atoms with Gasteiger partial charge in [-0.2, -0.15) is 0 Å². The average Bonchev–Trinajstić information content (AvgIpc) is 2.38. The zero-order chi connectivity index (χ0) is 9.19. The van der Waals surface area contributed by atoms with Crippen molar-refractivity contribution in [2.24, 2.45) is 4.99 Å². The maximum Gasteiger partial charge on any atom is 1.00 e. The first kappa shape index (κ1) is 14.2. The van der Waals surface area contributed by atoms with Crippen molar-refractivity contribution in [1.82, 2.24) is 0 Å². The van der Waals surface area contributed by atoms with Gasteiger partial charge < -0.3 is 9.29 Å². The van der Waals surface area contributed by atoms with Crippen LogP contribution in [0.3, 0.4) is 0 Å². The molecule has 0 aromatic rings. The Bertz CT molecular complexity index is 288. The summed E-state index contributed by atoms with van der Waals surface area (Å²) in [4.78, 5) is 4.06. The Hall–Kier alpha value is 1.22. The molecule has 0 aliphatic carbocycles. The minimum absolute atomic E-state index is 0. The first-order valence-corrected chi connectivity index (χ1v) is 7.14. The van der Waals surface area contributed by atoms with Crippen LogP contribution < -0.4 is 29.6 Å². The first-order chi connectivity index (χ1) is 5.55. The molecule has 1 aliphatic heterocycles. The van der Waals surface area contributed by atoms with Crippen LogP contribution >= 0.6 is 0 Å². The van der Waals surface area contributed by atoms with Crippen molar-refractivity contribution in [2.75, 3.05) is 13.2 Å². The minimum atomic E-state index is -2.64. The van der Waals surface area contributed by atoms with Gasteiger partial charge in [-0.05, 0) is 6.42 Å². The standard InChI is InChI=1S/C6H11NO2S3.Na/c1-2-5(12(8,10)11)6-7-3-4-9-6;/h5H,2-4H2,1H3,(H,8,10,11);/q;+1/p-1. The van der Waals surface area contributed by atoms with E-state index in [0.29, 0.717) is 25.5 Å². The zero-order valence-corrected chi connectivity index (χ0v) is 12.1. The van der Waals surface area contributed by atoms with Crippen molar-refractivity contribution in [1.29, 1.82) is 0 Å². The molecule has 0 saturated heterocycles. The van der Waals surface area contributed by atoms with E-state index in [1.807, 2.05) is 6.92 Å². The fraction of sp³-hybridized carbons (Fsp3) is 0.833. The van der Waals surface area contributed by atoms with Gasteiger partial charge in [-0.25, -0.2) is 0 Å². The van der Waals surface area contributed by atoms with Gasteiger partial charge in [-0.15, -0.1) is 7.43 Å². The van der Waals surface area contributed by atoms with Gasteiger partial charge in [0.15, 0.2) is 5.90 Å². The summed E-state index contributed by atoms with van der Waals surface area (Å²) < 4.78 is 16.5. The molecule has 0 spiro atoms. The molecule has 0 radical (unpaired) electrons. The smallest absolute Gasteiger partial charge is 0.790 e. The topological polar surface area (TPSA) is 44.6 Å². The van der Waals surface area contributed by atoms with Gasteiger partial charge in [-0.1, -0.05) is 29.3 Å². The SMILES string of the molecule is CCC(C1=NCCO1)S([O-])(=S)=S.[Na+]. The van der Waals surface area contributed by atoms with Crippen LogP contribution in [0.15, 0.2) is 4.99 Å². The fourth-order valence-electron chi connectivity index (χ4n) is 1.05. The maximum atomic E-state index is 11.4. The first-order valence-electron chi connectivity index (χ1n) is 3.67. The molecule has 1 rings (SSSR count). The summed E-state index contributed by atoms with van der Waals surface area (Å²) in [5.41, 5.74) is 0. The molecule has 1 atom stereocenters. The number of aliphatic imine (C=N–C) groups is 1. The molecule has 13 heavy (non-hydrogen) atoms. The second kappa shape index (κ2) is 5.95. The molecule has 1 aliphatic rings. The van der Waals surface area contributed by atoms with E-state index in [4.69, 9.17) is 27.1 Å². The summed E-state index contributed by atoms with van der Waals surface area (Å²) >= 11 is 9.45. The summed E-state index contributed by atoms with van der Waals surface area (Å²) in [6, 6.07) is 0. The van der Waals surface area contributed by atoms with Crippen molar-refractivity contribution in [3.05, 3.63) is 0 Å². The Kier molecular flexibility index (Phi) is 6.50. The summed E-state index contributed by atoms with van der Waals surface area (Å²) in [5.74, 6) is 0.493. The molecular weight excluding hydrogens is 237 g/mol. The van der Waals surface area contributed by atoms with E-state index in [-0.39, 0.29) is 34.8 Å². The van der Waals surface area contributed by atoms with Crippen molar-refractivity contribution in [3.8, 4) is 0 Å². The quantitative estimate of drug-likeness (QED) is 0.513. The van der Waals surface area contributed by atoms with Crippen molar-refractivity contribution in [3.63, 3.8) is 0 Å². The Labute approximate surface area is 110 Å². The third-order valence-corrected chi connectivity index (χ3v) is 4.23. The number of rotatable bonds is 3. The molecule has 7 heteroatoms. The molecule has 1 unspecified atom stereocenters. The van der Waals surface area contributed by atoms with E-state index in [1.54, 1.807) is 0 Å². The second-order valence-corrected chi connectivity index (χ2v) is 7.62. The van der Waals surface area contributed by atoms with Gasteiger partial charge >= 0.3 is 29.6 Å². The molecule has 0 fully saturated rings. The predicted octanol–water partition coefficient (Wildman–Crippen LogP) is -2.59. The van der Waals surface area contributed by atoms with Gasteiger partial charge in [0.25, 0.3) is 0 Å². The number of hydrogen-bond donors (Lipinski definition) is 0. The largest absolute Gasteiger partial charge is 1.00 e. The van der Waals surface area contributed by atoms with E-state index >= 15 is 0 Å². The van der Waals surface area contributed by atoms with Gasteiger partial charge in [0.05, 0.1) is 11.8 Å². The minimum Gasteiger partial charge on any atom is -0.790 e. The van der Waals surface area contributed by atoms with Crippen LogP contribution in [0.25, 0.3) is 0 Å². The maximum absolute atomic E-state index is 11.4. The van der Waals surface area contributed by atoms with Crippen LogP contribution in [0.2, 0.25) is 0 Å². The van der Waals surface area contributed by atoms with Crippen molar-refractivity contribution in [2.45, 2.75) is 18.6 Å². The molecule has 0 bridgehead atoms. The normalized spacial score (nSPS) is 18.5.